The lowest BCUT2D eigenvalue weighted by Gasteiger charge is -2.13. The highest BCUT2D eigenvalue weighted by atomic mass is 19.4. The van der Waals surface area contributed by atoms with Crippen molar-refractivity contribution in [1.29, 1.82) is 0 Å². The van der Waals surface area contributed by atoms with Crippen molar-refractivity contribution in [1.82, 2.24) is 19.6 Å². The SMILES string of the molecule is CN(C)CCOC(=O)c1c2cc(NC(=O)c3cc(F)cc(C(F)(F)F)c3)ccc2nn1CCN(C)C. The second-order valence-electron chi connectivity index (χ2n) is 8.73. The lowest BCUT2D eigenvalue weighted by molar-refractivity contribution is -0.137. The summed E-state index contributed by atoms with van der Waals surface area (Å²) in [6.07, 6.45) is -4.81. The van der Waals surface area contributed by atoms with Gasteiger partial charge >= 0.3 is 12.1 Å². The van der Waals surface area contributed by atoms with Gasteiger partial charge in [0.2, 0.25) is 0 Å². The van der Waals surface area contributed by atoms with Crippen LogP contribution in [0.15, 0.2) is 36.4 Å². The van der Waals surface area contributed by atoms with Crippen molar-refractivity contribution < 1.29 is 31.9 Å². The van der Waals surface area contributed by atoms with E-state index < -0.39 is 35.0 Å². The predicted molar refractivity (Wildman–Crippen MR) is 126 cm³/mol. The Labute approximate surface area is 205 Å². The number of nitrogens with zero attached hydrogens (tertiary/aromatic N) is 4. The number of alkyl halides is 3. The van der Waals surface area contributed by atoms with Gasteiger partial charge in [0.1, 0.15) is 12.4 Å². The van der Waals surface area contributed by atoms with E-state index in [1.165, 1.54) is 16.8 Å². The standard InChI is InChI=1S/C24H27F4N5O3/c1-31(2)7-8-33-21(23(35)36-10-9-32(3)4)19-14-18(5-6-20(19)30-33)29-22(34)15-11-16(24(26,27)28)13-17(25)12-15/h5-6,11-14H,7-10H2,1-4H3,(H,29,34). The molecule has 0 spiro atoms. The van der Waals surface area contributed by atoms with Gasteiger partial charge in [0.05, 0.1) is 17.6 Å². The van der Waals surface area contributed by atoms with Crippen LogP contribution in [0.5, 0.6) is 0 Å². The first kappa shape index (κ1) is 27.1. The second kappa shape index (κ2) is 11.0. The molecular formula is C24H27F4N5O3. The zero-order valence-corrected chi connectivity index (χ0v) is 20.3. The van der Waals surface area contributed by atoms with E-state index in [0.29, 0.717) is 42.7 Å². The molecule has 1 amide bonds. The maximum absolute atomic E-state index is 13.7. The number of hydrogen-bond donors (Lipinski definition) is 1. The highest BCUT2D eigenvalue weighted by molar-refractivity contribution is 6.07. The van der Waals surface area contributed by atoms with Gasteiger partial charge < -0.3 is 19.9 Å². The molecule has 2 aromatic carbocycles. The third kappa shape index (κ3) is 6.79. The summed E-state index contributed by atoms with van der Waals surface area (Å²) in [6, 6.07) is 6.16. The molecule has 3 rings (SSSR count). The number of nitrogens with one attached hydrogen (secondary N) is 1. The lowest BCUT2D eigenvalue weighted by Crippen LogP contribution is -2.24. The van der Waals surface area contributed by atoms with Crippen molar-refractivity contribution in [2.75, 3.05) is 53.2 Å². The Morgan fingerprint density at radius 2 is 1.72 bits per heavy atom. The van der Waals surface area contributed by atoms with Crippen LogP contribution in [0.1, 0.15) is 26.4 Å². The molecule has 0 saturated carbocycles. The van der Waals surface area contributed by atoms with Gasteiger partial charge in [0.25, 0.3) is 5.91 Å². The van der Waals surface area contributed by atoms with E-state index in [2.05, 4.69) is 10.4 Å². The van der Waals surface area contributed by atoms with Crippen LogP contribution in [0.4, 0.5) is 23.2 Å². The maximum Gasteiger partial charge on any atom is 0.416 e. The van der Waals surface area contributed by atoms with Gasteiger partial charge in [-0.1, -0.05) is 0 Å². The van der Waals surface area contributed by atoms with E-state index in [0.717, 1.165) is 6.07 Å². The normalized spacial score (nSPS) is 11.9. The molecule has 36 heavy (non-hydrogen) atoms. The Hall–Kier alpha value is -3.51. The molecule has 1 aromatic heterocycles. The Kier molecular flexibility index (Phi) is 8.31. The van der Waals surface area contributed by atoms with E-state index in [-0.39, 0.29) is 18.0 Å². The zero-order valence-electron chi connectivity index (χ0n) is 20.3. The van der Waals surface area contributed by atoms with E-state index in [4.69, 9.17) is 4.74 Å². The summed E-state index contributed by atoms with van der Waals surface area (Å²) in [5.41, 5.74) is -0.913. The molecule has 0 saturated heterocycles. The number of amides is 1. The summed E-state index contributed by atoms with van der Waals surface area (Å²) in [5, 5.41) is 7.33. The van der Waals surface area contributed by atoms with E-state index in [9.17, 15) is 27.2 Å². The van der Waals surface area contributed by atoms with Crippen molar-refractivity contribution in [3.05, 3.63) is 59.0 Å². The number of rotatable bonds is 9. The molecule has 0 fully saturated rings. The molecule has 0 radical (unpaired) electrons. The number of ether oxygens (including phenoxy) is 1. The largest absolute Gasteiger partial charge is 0.460 e. The summed E-state index contributed by atoms with van der Waals surface area (Å²) in [6.45, 7) is 1.66. The molecule has 8 nitrogen and oxygen atoms in total. The first-order valence-corrected chi connectivity index (χ1v) is 11.0. The lowest BCUT2D eigenvalue weighted by atomic mass is 10.1. The van der Waals surface area contributed by atoms with Crippen LogP contribution < -0.4 is 5.32 Å². The second-order valence-corrected chi connectivity index (χ2v) is 8.73. The maximum atomic E-state index is 13.7. The number of hydrogen-bond acceptors (Lipinski definition) is 6. The number of carbonyl (C=O) groups is 2. The number of halogens is 4. The minimum absolute atomic E-state index is 0.156. The van der Waals surface area contributed by atoms with Crippen LogP contribution in [0, 0.1) is 5.82 Å². The number of aromatic nitrogens is 2. The first-order chi connectivity index (χ1) is 16.8. The smallest absolute Gasteiger partial charge is 0.416 e. The number of carbonyl (C=O) groups excluding carboxylic acids is 2. The predicted octanol–water partition coefficient (Wildman–Crippen LogP) is 3.73. The molecule has 1 heterocycles. The Morgan fingerprint density at radius 1 is 1.03 bits per heavy atom. The van der Waals surface area contributed by atoms with Crippen LogP contribution >= 0.6 is 0 Å². The summed E-state index contributed by atoms with van der Waals surface area (Å²) in [4.78, 5) is 29.3. The van der Waals surface area contributed by atoms with Gasteiger partial charge in [-0.15, -0.1) is 0 Å². The molecule has 0 aliphatic rings. The van der Waals surface area contributed by atoms with Crippen LogP contribution in [-0.4, -0.2) is 79.3 Å². The Morgan fingerprint density at radius 3 is 2.36 bits per heavy atom. The zero-order chi connectivity index (χ0) is 26.6. The monoisotopic (exact) mass is 509 g/mol. The van der Waals surface area contributed by atoms with Gasteiger partial charge in [-0.05, 0) is 64.6 Å². The molecule has 0 unspecified atom stereocenters. The average Bonchev–Trinajstić information content (AvgIpc) is 3.14. The molecule has 0 bridgehead atoms. The molecular weight excluding hydrogens is 482 g/mol. The van der Waals surface area contributed by atoms with E-state index in [1.54, 1.807) is 6.07 Å². The first-order valence-electron chi connectivity index (χ1n) is 11.0. The van der Waals surface area contributed by atoms with Crippen molar-refractivity contribution in [3.8, 4) is 0 Å². The fraction of sp³-hybridized carbons (Fsp3) is 0.375. The van der Waals surface area contributed by atoms with Gasteiger partial charge in [-0.3, -0.25) is 9.48 Å². The number of esters is 1. The number of anilines is 1. The summed E-state index contributed by atoms with van der Waals surface area (Å²) >= 11 is 0. The van der Waals surface area contributed by atoms with Crippen LogP contribution in [-0.2, 0) is 17.5 Å². The molecule has 12 heteroatoms. The third-order valence-electron chi connectivity index (χ3n) is 5.21. The van der Waals surface area contributed by atoms with Crippen molar-refractivity contribution >= 4 is 28.5 Å². The van der Waals surface area contributed by atoms with E-state index in [1.807, 2.05) is 38.0 Å². The highest BCUT2D eigenvalue weighted by Gasteiger charge is 2.32. The summed E-state index contributed by atoms with van der Waals surface area (Å²) in [5.74, 6) is -2.72. The number of benzene rings is 2. The molecule has 0 atom stereocenters. The van der Waals surface area contributed by atoms with Crippen molar-refractivity contribution in [2.24, 2.45) is 0 Å². The quantitative estimate of drug-likeness (QED) is 0.350. The molecule has 3 aromatic rings. The summed E-state index contributed by atoms with van der Waals surface area (Å²) in [7, 11) is 7.44. The van der Waals surface area contributed by atoms with Gasteiger partial charge in [-0.2, -0.15) is 18.3 Å². The minimum atomic E-state index is -4.81. The third-order valence-corrected chi connectivity index (χ3v) is 5.21. The van der Waals surface area contributed by atoms with Gasteiger partial charge in [-0.25, -0.2) is 9.18 Å². The van der Waals surface area contributed by atoms with Gasteiger partial charge in [0.15, 0.2) is 5.69 Å². The molecule has 0 aliphatic heterocycles. The summed E-state index contributed by atoms with van der Waals surface area (Å²) < 4.78 is 59.7. The van der Waals surface area contributed by atoms with Gasteiger partial charge in [0, 0.05) is 29.7 Å². The van der Waals surface area contributed by atoms with Crippen molar-refractivity contribution in [3.63, 3.8) is 0 Å². The topological polar surface area (TPSA) is 79.7 Å². The highest BCUT2D eigenvalue weighted by Crippen LogP contribution is 2.31. The minimum Gasteiger partial charge on any atom is -0.460 e. The molecule has 0 aliphatic carbocycles. The van der Waals surface area contributed by atoms with Crippen LogP contribution in [0.25, 0.3) is 10.9 Å². The molecule has 194 valence electrons. The van der Waals surface area contributed by atoms with Crippen molar-refractivity contribution in [2.45, 2.75) is 12.7 Å². The average molecular weight is 510 g/mol. The van der Waals surface area contributed by atoms with Crippen LogP contribution in [0.2, 0.25) is 0 Å². The van der Waals surface area contributed by atoms with E-state index >= 15 is 0 Å². The Balaban J connectivity index is 1.93. The fourth-order valence-electron chi connectivity index (χ4n) is 3.36. The fourth-order valence-corrected chi connectivity index (χ4v) is 3.36. The number of likely N-dealkylation sites (N-methyl/N-ethyl adjacent to an activating group) is 2. The molecule has 1 N–H and O–H groups in total. The Bertz CT molecular complexity index is 1250. The number of fused-ring (bicyclic) bond motifs is 1. The van der Waals surface area contributed by atoms with Crippen LogP contribution in [0.3, 0.4) is 0 Å².